The fourth-order valence-electron chi connectivity index (χ4n) is 2.48. The molecule has 0 radical (unpaired) electrons. The zero-order valence-electron chi connectivity index (χ0n) is 12.8. The van der Waals surface area contributed by atoms with E-state index in [9.17, 15) is 13.6 Å². The number of carbonyl (C=O) groups excluding carboxylic acids is 1. The summed E-state index contributed by atoms with van der Waals surface area (Å²) in [6, 6.07) is 16.0. The second-order valence-corrected chi connectivity index (χ2v) is 5.15. The number of aromatic nitrogens is 2. The van der Waals surface area contributed by atoms with Gasteiger partial charge >= 0.3 is 6.61 Å². The van der Waals surface area contributed by atoms with Gasteiger partial charge in [0, 0.05) is 12.6 Å². The lowest BCUT2D eigenvalue weighted by molar-refractivity contribution is -0.0500. The number of ether oxygens (including phenoxy) is 1. The van der Waals surface area contributed by atoms with E-state index in [1.807, 2.05) is 43.4 Å². The van der Waals surface area contributed by atoms with Crippen molar-refractivity contribution in [3.05, 3.63) is 60.2 Å². The number of carbonyl (C=O) groups is 1. The van der Waals surface area contributed by atoms with Gasteiger partial charge in [-0.1, -0.05) is 36.4 Å². The first-order chi connectivity index (χ1) is 11.6. The number of aldehydes is 1. The summed E-state index contributed by atoms with van der Waals surface area (Å²) in [6.07, 6.45) is 0.481. The van der Waals surface area contributed by atoms with Crippen molar-refractivity contribution in [1.29, 1.82) is 0 Å². The van der Waals surface area contributed by atoms with Gasteiger partial charge in [-0.3, -0.25) is 9.48 Å². The Balaban J connectivity index is 2.02. The molecule has 0 N–H and O–H groups in total. The standard InChI is InChI=1S/C18H14F2N2O2/c1-22-16(12-5-3-2-4-6-12)10-15(21-22)13-7-8-14(11-23)17(9-13)24-18(19)20/h2-11,18H,1H3. The highest BCUT2D eigenvalue weighted by Gasteiger charge is 2.14. The third-order valence-corrected chi connectivity index (χ3v) is 3.60. The van der Waals surface area contributed by atoms with Crippen molar-refractivity contribution in [2.24, 2.45) is 7.05 Å². The van der Waals surface area contributed by atoms with Crippen LogP contribution in [0.25, 0.3) is 22.5 Å². The highest BCUT2D eigenvalue weighted by atomic mass is 19.3. The summed E-state index contributed by atoms with van der Waals surface area (Å²) in [4.78, 5) is 11.0. The van der Waals surface area contributed by atoms with Gasteiger partial charge in [-0.2, -0.15) is 13.9 Å². The number of nitrogens with zero attached hydrogens (tertiary/aromatic N) is 2. The summed E-state index contributed by atoms with van der Waals surface area (Å²) in [5.41, 5.74) is 3.15. The van der Waals surface area contributed by atoms with Crippen LogP contribution in [0.15, 0.2) is 54.6 Å². The lowest BCUT2D eigenvalue weighted by Gasteiger charge is -2.08. The second kappa shape index (κ2) is 6.62. The van der Waals surface area contributed by atoms with Crippen LogP contribution in [0, 0.1) is 0 Å². The predicted octanol–water partition coefficient (Wildman–Crippen LogP) is 4.17. The molecule has 3 aromatic rings. The topological polar surface area (TPSA) is 44.1 Å². The zero-order valence-corrected chi connectivity index (χ0v) is 12.8. The molecule has 0 saturated carbocycles. The van der Waals surface area contributed by atoms with Crippen molar-refractivity contribution in [3.8, 4) is 28.3 Å². The van der Waals surface area contributed by atoms with Gasteiger partial charge in [0.2, 0.25) is 0 Å². The molecule has 3 rings (SSSR count). The molecule has 0 aliphatic rings. The molecule has 4 nitrogen and oxygen atoms in total. The van der Waals surface area contributed by atoms with Gasteiger partial charge in [-0.05, 0) is 23.8 Å². The molecule has 6 heteroatoms. The van der Waals surface area contributed by atoms with Crippen LogP contribution in [0.3, 0.4) is 0 Å². The van der Waals surface area contributed by atoms with Crippen molar-refractivity contribution < 1.29 is 18.3 Å². The highest BCUT2D eigenvalue weighted by Crippen LogP contribution is 2.30. The Hall–Kier alpha value is -3.02. The van der Waals surface area contributed by atoms with Crippen molar-refractivity contribution in [2.75, 3.05) is 0 Å². The quantitative estimate of drug-likeness (QED) is 0.660. The van der Waals surface area contributed by atoms with E-state index in [2.05, 4.69) is 9.84 Å². The summed E-state index contributed by atoms with van der Waals surface area (Å²) in [6.45, 7) is -3.00. The van der Waals surface area contributed by atoms with Crippen LogP contribution >= 0.6 is 0 Å². The Morgan fingerprint density at radius 1 is 1.08 bits per heavy atom. The van der Waals surface area contributed by atoms with E-state index in [0.717, 1.165) is 11.3 Å². The number of alkyl halides is 2. The summed E-state index contributed by atoms with van der Waals surface area (Å²) in [5, 5.41) is 4.42. The van der Waals surface area contributed by atoms with E-state index >= 15 is 0 Å². The first-order valence-electron chi connectivity index (χ1n) is 7.22. The molecular weight excluding hydrogens is 314 g/mol. The molecule has 24 heavy (non-hydrogen) atoms. The van der Waals surface area contributed by atoms with Crippen molar-refractivity contribution in [3.63, 3.8) is 0 Å². The van der Waals surface area contributed by atoms with Gasteiger partial charge in [-0.25, -0.2) is 0 Å². The molecule has 1 aromatic heterocycles. The molecule has 0 aliphatic heterocycles. The van der Waals surface area contributed by atoms with E-state index in [4.69, 9.17) is 0 Å². The Labute approximate surface area is 137 Å². The third-order valence-electron chi connectivity index (χ3n) is 3.60. The minimum atomic E-state index is -3.00. The Morgan fingerprint density at radius 2 is 1.83 bits per heavy atom. The van der Waals surface area contributed by atoms with Crippen LogP contribution < -0.4 is 4.74 Å². The molecule has 1 heterocycles. The van der Waals surface area contributed by atoms with E-state index in [1.54, 1.807) is 10.7 Å². The Bertz CT molecular complexity index is 861. The van der Waals surface area contributed by atoms with Crippen molar-refractivity contribution in [1.82, 2.24) is 9.78 Å². The average molecular weight is 328 g/mol. The fraction of sp³-hybridized carbons (Fsp3) is 0.111. The van der Waals surface area contributed by atoms with Gasteiger partial charge in [-0.15, -0.1) is 0 Å². The maximum atomic E-state index is 12.5. The SMILES string of the molecule is Cn1nc(-c2ccc(C=O)c(OC(F)F)c2)cc1-c1ccccc1. The van der Waals surface area contributed by atoms with Crippen LogP contribution in [0.1, 0.15) is 10.4 Å². The van der Waals surface area contributed by atoms with E-state index in [0.29, 0.717) is 17.5 Å². The molecule has 122 valence electrons. The largest absolute Gasteiger partial charge is 0.434 e. The molecule has 0 amide bonds. The lowest BCUT2D eigenvalue weighted by Crippen LogP contribution is -2.04. The van der Waals surface area contributed by atoms with Crippen LogP contribution in [-0.2, 0) is 7.05 Å². The molecule has 0 unspecified atom stereocenters. The van der Waals surface area contributed by atoms with E-state index in [-0.39, 0.29) is 11.3 Å². The normalized spacial score (nSPS) is 10.8. The molecule has 2 aromatic carbocycles. The molecule has 0 atom stereocenters. The molecule has 0 aliphatic carbocycles. The predicted molar refractivity (Wildman–Crippen MR) is 86.1 cm³/mol. The van der Waals surface area contributed by atoms with E-state index < -0.39 is 6.61 Å². The van der Waals surface area contributed by atoms with Gasteiger partial charge in [0.25, 0.3) is 0 Å². The first kappa shape index (κ1) is 15.9. The van der Waals surface area contributed by atoms with Gasteiger partial charge in [0.05, 0.1) is 17.0 Å². The number of benzene rings is 2. The first-order valence-corrected chi connectivity index (χ1v) is 7.22. The smallest absolute Gasteiger partial charge is 0.387 e. The Morgan fingerprint density at radius 3 is 2.50 bits per heavy atom. The van der Waals surface area contributed by atoms with E-state index in [1.165, 1.54) is 12.1 Å². The monoisotopic (exact) mass is 328 g/mol. The molecule has 0 saturated heterocycles. The maximum absolute atomic E-state index is 12.5. The van der Waals surface area contributed by atoms with Crippen molar-refractivity contribution >= 4 is 6.29 Å². The highest BCUT2D eigenvalue weighted by molar-refractivity contribution is 5.82. The number of hydrogen-bond acceptors (Lipinski definition) is 3. The summed E-state index contributed by atoms with van der Waals surface area (Å²) in [5.74, 6) is -0.163. The number of hydrogen-bond donors (Lipinski definition) is 0. The minimum absolute atomic E-state index is 0.0678. The summed E-state index contributed by atoms with van der Waals surface area (Å²) in [7, 11) is 1.81. The average Bonchev–Trinajstić information content (AvgIpc) is 2.97. The number of aryl methyl sites for hydroxylation is 1. The lowest BCUT2D eigenvalue weighted by atomic mass is 10.1. The third kappa shape index (κ3) is 3.17. The Kier molecular flexibility index (Phi) is 4.37. The van der Waals surface area contributed by atoms with Gasteiger partial charge in [0.1, 0.15) is 5.75 Å². The molecule has 0 fully saturated rings. The van der Waals surface area contributed by atoms with Crippen LogP contribution in [0.4, 0.5) is 8.78 Å². The van der Waals surface area contributed by atoms with Crippen molar-refractivity contribution in [2.45, 2.75) is 6.61 Å². The van der Waals surface area contributed by atoms with Crippen LogP contribution in [0.2, 0.25) is 0 Å². The molecular formula is C18H14F2N2O2. The van der Waals surface area contributed by atoms with Crippen LogP contribution in [-0.4, -0.2) is 22.7 Å². The van der Waals surface area contributed by atoms with Crippen LogP contribution in [0.5, 0.6) is 5.75 Å². The minimum Gasteiger partial charge on any atom is -0.434 e. The summed E-state index contributed by atoms with van der Waals surface area (Å²) < 4.78 is 31.1. The zero-order chi connectivity index (χ0) is 17.1. The second-order valence-electron chi connectivity index (χ2n) is 5.15. The molecule has 0 bridgehead atoms. The number of halogens is 2. The van der Waals surface area contributed by atoms with Gasteiger partial charge < -0.3 is 4.74 Å². The number of rotatable bonds is 5. The summed E-state index contributed by atoms with van der Waals surface area (Å²) >= 11 is 0. The molecule has 0 spiro atoms. The van der Waals surface area contributed by atoms with Gasteiger partial charge in [0.15, 0.2) is 6.29 Å². The maximum Gasteiger partial charge on any atom is 0.387 e. The fourth-order valence-corrected chi connectivity index (χ4v) is 2.48.